The molecule has 3 atom stereocenters. The fraction of sp³-hybridized carbons (Fsp3) is 0.500. The van der Waals surface area contributed by atoms with Crippen LogP contribution in [-0.4, -0.2) is 18.3 Å². The Hall–Kier alpha value is -2.01. The zero-order valence-corrected chi connectivity index (χ0v) is 13.9. The molecule has 1 N–H and O–H groups in total. The Kier molecular flexibility index (Phi) is 4.06. The number of aliphatic hydroxyl groups is 1. The Bertz CT molecular complexity index is 792. The molecule has 0 saturated carbocycles. The van der Waals surface area contributed by atoms with Crippen LogP contribution in [0.5, 0.6) is 11.5 Å². The normalized spacial score (nSPS) is 23.4. The van der Waals surface area contributed by atoms with Crippen molar-refractivity contribution < 1.29 is 19.0 Å². The van der Waals surface area contributed by atoms with Crippen molar-refractivity contribution in [3.63, 3.8) is 0 Å². The van der Waals surface area contributed by atoms with Gasteiger partial charge >= 0.3 is 5.63 Å². The lowest BCUT2D eigenvalue weighted by molar-refractivity contribution is 0.0178. The van der Waals surface area contributed by atoms with Crippen LogP contribution in [0.4, 0.5) is 0 Å². The van der Waals surface area contributed by atoms with Crippen LogP contribution in [0.25, 0.3) is 11.0 Å². The molecule has 3 rings (SSSR count). The summed E-state index contributed by atoms with van der Waals surface area (Å²) < 4.78 is 16.9. The van der Waals surface area contributed by atoms with Crippen LogP contribution in [0.2, 0.25) is 0 Å². The van der Waals surface area contributed by atoms with Gasteiger partial charge in [-0.15, -0.1) is 0 Å². The van der Waals surface area contributed by atoms with E-state index in [1.807, 2.05) is 20.8 Å². The van der Waals surface area contributed by atoms with Gasteiger partial charge in [-0.3, -0.25) is 0 Å². The first-order valence-electron chi connectivity index (χ1n) is 8.00. The zero-order chi connectivity index (χ0) is 16.7. The maximum atomic E-state index is 12.0. The molecule has 0 amide bonds. The van der Waals surface area contributed by atoms with Gasteiger partial charge in [0.05, 0.1) is 24.2 Å². The van der Waals surface area contributed by atoms with E-state index in [0.717, 1.165) is 23.8 Å². The van der Waals surface area contributed by atoms with E-state index in [1.165, 1.54) is 6.07 Å². The molecule has 0 unspecified atom stereocenters. The van der Waals surface area contributed by atoms with Gasteiger partial charge in [-0.2, -0.15) is 0 Å². The number of aliphatic hydroxyl groups excluding tert-OH is 1. The second-order valence-electron chi connectivity index (χ2n) is 6.16. The third kappa shape index (κ3) is 2.49. The highest BCUT2D eigenvalue weighted by molar-refractivity contribution is 5.91. The van der Waals surface area contributed by atoms with Crippen LogP contribution >= 0.6 is 0 Å². The van der Waals surface area contributed by atoms with E-state index in [9.17, 15) is 9.90 Å². The predicted octanol–water partition coefficient (Wildman–Crippen LogP) is 3.20. The van der Waals surface area contributed by atoms with Crippen molar-refractivity contribution >= 4 is 11.0 Å². The van der Waals surface area contributed by atoms with Crippen molar-refractivity contribution in [1.82, 2.24) is 0 Å². The summed E-state index contributed by atoms with van der Waals surface area (Å²) in [5.74, 6) is 1.02. The van der Waals surface area contributed by atoms with Crippen LogP contribution in [0, 0.1) is 5.92 Å². The lowest BCUT2D eigenvalue weighted by Crippen LogP contribution is -2.32. The van der Waals surface area contributed by atoms with Gasteiger partial charge in [0, 0.05) is 18.1 Å². The molecule has 0 saturated heterocycles. The van der Waals surface area contributed by atoms with Crippen molar-refractivity contribution in [2.75, 3.05) is 7.11 Å². The number of rotatable bonds is 3. The van der Waals surface area contributed by atoms with Gasteiger partial charge in [0.15, 0.2) is 5.58 Å². The first-order chi connectivity index (χ1) is 11.0. The molecule has 5 nitrogen and oxygen atoms in total. The summed E-state index contributed by atoms with van der Waals surface area (Å²) in [4.78, 5) is 12.0. The van der Waals surface area contributed by atoms with Gasteiger partial charge < -0.3 is 19.0 Å². The van der Waals surface area contributed by atoms with Crippen molar-refractivity contribution in [1.29, 1.82) is 0 Å². The van der Waals surface area contributed by atoms with Gasteiger partial charge in [0.25, 0.3) is 0 Å². The van der Waals surface area contributed by atoms with E-state index in [-0.39, 0.29) is 12.0 Å². The summed E-state index contributed by atoms with van der Waals surface area (Å²) in [6.45, 7) is 5.88. The molecule has 1 aromatic heterocycles. The first-order valence-corrected chi connectivity index (χ1v) is 8.00. The molecule has 1 aliphatic rings. The molecule has 23 heavy (non-hydrogen) atoms. The lowest BCUT2D eigenvalue weighted by atomic mass is 9.88. The number of aryl methyl sites for hydroxylation is 1. The molecule has 1 aromatic carbocycles. The molecule has 0 fully saturated rings. The molecule has 124 valence electrons. The minimum absolute atomic E-state index is 0.0979. The minimum atomic E-state index is -0.748. The maximum Gasteiger partial charge on any atom is 0.336 e. The highest BCUT2D eigenvalue weighted by atomic mass is 16.5. The molecule has 5 heteroatoms. The maximum absolute atomic E-state index is 12.0. The summed E-state index contributed by atoms with van der Waals surface area (Å²) in [5, 5.41) is 11.4. The summed E-state index contributed by atoms with van der Waals surface area (Å²) in [5.41, 5.74) is 1.37. The molecule has 0 spiro atoms. The fourth-order valence-corrected chi connectivity index (χ4v) is 3.21. The number of fused-ring (bicyclic) bond motifs is 3. The highest BCUT2D eigenvalue weighted by Gasteiger charge is 2.35. The van der Waals surface area contributed by atoms with Gasteiger partial charge in [-0.1, -0.05) is 20.3 Å². The summed E-state index contributed by atoms with van der Waals surface area (Å²) >= 11 is 0. The predicted molar refractivity (Wildman–Crippen MR) is 87.2 cm³/mol. The molecule has 0 radical (unpaired) electrons. The smallest absolute Gasteiger partial charge is 0.336 e. The number of ether oxygens (including phenoxy) is 2. The molecule has 0 aliphatic carbocycles. The van der Waals surface area contributed by atoms with Crippen LogP contribution in [0.1, 0.15) is 44.4 Å². The Morgan fingerprint density at radius 2 is 2.04 bits per heavy atom. The first kappa shape index (κ1) is 15.9. The molecular weight excluding hydrogens is 296 g/mol. The lowest BCUT2D eigenvalue weighted by Gasteiger charge is -2.34. The largest absolute Gasteiger partial charge is 0.496 e. The molecule has 2 aromatic rings. The van der Waals surface area contributed by atoms with E-state index >= 15 is 0 Å². The fourth-order valence-electron chi connectivity index (χ4n) is 3.21. The minimum Gasteiger partial charge on any atom is -0.496 e. The average Bonchev–Trinajstić information content (AvgIpc) is 2.51. The van der Waals surface area contributed by atoms with E-state index < -0.39 is 11.7 Å². The van der Waals surface area contributed by atoms with E-state index in [0.29, 0.717) is 22.6 Å². The third-order valence-electron chi connectivity index (χ3n) is 4.65. The second kappa shape index (κ2) is 5.89. The quantitative estimate of drug-likeness (QED) is 0.880. The Morgan fingerprint density at radius 1 is 1.30 bits per heavy atom. The van der Waals surface area contributed by atoms with Crippen LogP contribution in [0.3, 0.4) is 0 Å². The summed E-state index contributed by atoms with van der Waals surface area (Å²) in [7, 11) is 1.58. The van der Waals surface area contributed by atoms with Crippen LogP contribution < -0.4 is 15.1 Å². The van der Waals surface area contributed by atoms with Crippen LogP contribution in [0.15, 0.2) is 21.3 Å². The van der Waals surface area contributed by atoms with Crippen molar-refractivity contribution in [3.05, 3.63) is 33.7 Å². The van der Waals surface area contributed by atoms with Crippen molar-refractivity contribution in [2.45, 2.75) is 45.8 Å². The van der Waals surface area contributed by atoms with Gasteiger partial charge in [-0.25, -0.2) is 4.79 Å². The Labute approximate surface area is 134 Å². The monoisotopic (exact) mass is 318 g/mol. The standard InChI is InChI=1S/C18H22O5/c1-5-6-11-7-14(19)23-18-15(11)12(21-4)8-13-16(18)17(20)9(2)10(3)22-13/h7-10,17,20H,5-6H2,1-4H3/t9-,10+,17-/m0/s1. The molecule has 0 bridgehead atoms. The molecule has 1 aliphatic heterocycles. The van der Waals surface area contributed by atoms with Gasteiger partial charge in [0.1, 0.15) is 17.6 Å². The van der Waals surface area contributed by atoms with E-state index in [4.69, 9.17) is 13.9 Å². The van der Waals surface area contributed by atoms with Gasteiger partial charge in [0.2, 0.25) is 0 Å². The van der Waals surface area contributed by atoms with E-state index in [1.54, 1.807) is 13.2 Å². The highest BCUT2D eigenvalue weighted by Crippen LogP contribution is 2.46. The topological polar surface area (TPSA) is 68.9 Å². The Morgan fingerprint density at radius 3 is 2.70 bits per heavy atom. The number of methoxy groups -OCH3 is 1. The average molecular weight is 318 g/mol. The number of hydrogen-bond acceptors (Lipinski definition) is 5. The van der Waals surface area contributed by atoms with Crippen LogP contribution in [-0.2, 0) is 6.42 Å². The second-order valence-corrected chi connectivity index (χ2v) is 6.16. The zero-order valence-electron chi connectivity index (χ0n) is 13.9. The summed E-state index contributed by atoms with van der Waals surface area (Å²) in [6.07, 6.45) is 0.748. The van der Waals surface area contributed by atoms with Gasteiger partial charge in [-0.05, 0) is 18.9 Å². The number of hydrogen-bond donors (Lipinski definition) is 1. The van der Waals surface area contributed by atoms with Crippen molar-refractivity contribution in [2.24, 2.45) is 5.92 Å². The third-order valence-corrected chi connectivity index (χ3v) is 4.65. The Balaban J connectivity index is 2.40. The summed E-state index contributed by atoms with van der Waals surface area (Å²) in [6, 6.07) is 3.28. The number of benzene rings is 1. The molecule has 2 heterocycles. The molecular formula is C18H22O5. The van der Waals surface area contributed by atoms with Crippen molar-refractivity contribution in [3.8, 4) is 11.5 Å². The van der Waals surface area contributed by atoms with E-state index in [2.05, 4.69) is 0 Å². The SMILES string of the molecule is CCCc1cc(=O)oc2c3c(cc(OC)c12)O[C@H](C)[C@H](C)[C@@H]3O.